The normalized spacial score (nSPS) is 14.9. The number of carbonyl (C=O) groups excluding carboxylic acids is 1. The Morgan fingerprint density at radius 2 is 2.15 bits per heavy atom. The molecule has 0 atom stereocenters. The highest BCUT2D eigenvalue weighted by Crippen LogP contribution is 2.29. The molecule has 1 aliphatic heterocycles. The Morgan fingerprint density at radius 3 is 2.85 bits per heavy atom. The third-order valence-corrected chi connectivity index (χ3v) is 3.73. The third kappa shape index (κ3) is 3.16. The van der Waals surface area contributed by atoms with E-state index in [0.29, 0.717) is 19.4 Å². The molecule has 0 unspecified atom stereocenters. The molecule has 106 valence electrons. The summed E-state index contributed by atoms with van der Waals surface area (Å²) in [4.78, 5) is 13.8. The minimum atomic E-state index is -0.371. The van der Waals surface area contributed by atoms with Crippen LogP contribution in [0.5, 0.6) is 0 Å². The smallest absolute Gasteiger partial charge is 0.227 e. The number of nitriles is 1. The van der Waals surface area contributed by atoms with Gasteiger partial charge in [-0.15, -0.1) is 0 Å². The lowest BCUT2D eigenvalue weighted by atomic mass is 9.89. The highest BCUT2D eigenvalue weighted by atomic mass is 19.1. The van der Waals surface area contributed by atoms with Gasteiger partial charge >= 0.3 is 0 Å². The summed E-state index contributed by atoms with van der Waals surface area (Å²) >= 11 is 0. The number of anilines is 1. The molecule has 0 radical (unpaired) electrons. The van der Waals surface area contributed by atoms with Crippen molar-refractivity contribution in [2.45, 2.75) is 39.5 Å². The maximum atomic E-state index is 13.2. The van der Waals surface area contributed by atoms with E-state index in [1.165, 1.54) is 12.1 Å². The lowest BCUT2D eigenvalue weighted by molar-refractivity contribution is -0.118. The lowest BCUT2D eigenvalue weighted by Crippen LogP contribution is -2.36. The predicted octanol–water partition coefficient (Wildman–Crippen LogP) is 3.43. The molecule has 0 saturated heterocycles. The van der Waals surface area contributed by atoms with Crippen LogP contribution in [-0.2, 0) is 11.2 Å². The van der Waals surface area contributed by atoms with Gasteiger partial charge in [-0.2, -0.15) is 5.26 Å². The summed E-state index contributed by atoms with van der Waals surface area (Å²) in [5.74, 6) is -0.178. The molecule has 2 rings (SSSR count). The third-order valence-electron chi connectivity index (χ3n) is 3.73. The van der Waals surface area contributed by atoms with E-state index in [0.717, 1.165) is 24.1 Å². The van der Waals surface area contributed by atoms with Gasteiger partial charge in [-0.3, -0.25) is 4.79 Å². The van der Waals surface area contributed by atoms with Crippen LogP contribution in [0.1, 0.15) is 38.7 Å². The van der Waals surface area contributed by atoms with Crippen LogP contribution in [0.3, 0.4) is 0 Å². The summed E-state index contributed by atoms with van der Waals surface area (Å²) in [6.07, 6.45) is 2.54. The molecule has 3 nitrogen and oxygen atoms in total. The Morgan fingerprint density at radius 1 is 1.40 bits per heavy atom. The molecule has 1 aromatic carbocycles. The molecule has 1 heterocycles. The summed E-state index contributed by atoms with van der Waals surface area (Å²) in [5, 5.41) is 9.00. The maximum absolute atomic E-state index is 13.2. The molecular weight excluding hydrogens is 255 g/mol. The van der Waals surface area contributed by atoms with Gasteiger partial charge in [0.1, 0.15) is 5.82 Å². The van der Waals surface area contributed by atoms with Crippen molar-refractivity contribution in [2.24, 2.45) is 5.41 Å². The second-order valence-corrected chi connectivity index (χ2v) is 5.92. The number of carbonyl (C=O) groups is 1. The SMILES string of the molecule is CC(C)(C#N)CCCN1C(=O)CCc2cc(F)ccc21. The Kier molecular flexibility index (Phi) is 4.08. The average Bonchev–Trinajstić information content (AvgIpc) is 2.41. The van der Waals surface area contributed by atoms with Crippen LogP contribution < -0.4 is 4.90 Å². The molecule has 1 aromatic rings. The molecule has 0 saturated carbocycles. The number of fused-ring (bicyclic) bond motifs is 1. The zero-order valence-electron chi connectivity index (χ0n) is 11.9. The number of hydrogen-bond donors (Lipinski definition) is 0. The molecule has 0 aromatic heterocycles. The summed E-state index contributed by atoms with van der Waals surface area (Å²) in [7, 11) is 0. The van der Waals surface area contributed by atoms with Crippen LogP contribution in [0.25, 0.3) is 0 Å². The highest BCUT2D eigenvalue weighted by Gasteiger charge is 2.25. The van der Waals surface area contributed by atoms with E-state index in [1.54, 1.807) is 11.0 Å². The fourth-order valence-electron chi connectivity index (χ4n) is 2.51. The molecule has 1 aliphatic rings. The standard InChI is InChI=1S/C16H19FN2O/c1-16(2,11-18)8-3-9-19-14-6-5-13(17)10-12(14)4-7-15(19)20/h5-6,10H,3-4,7-9H2,1-2H3. The van der Waals surface area contributed by atoms with Gasteiger partial charge in [-0.05, 0) is 56.9 Å². The predicted molar refractivity (Wildman–Crippen MR) is 75.7 cm³/mol. The number of benzene rings is 1. The van der Waals surface area contributed by atoms with Crippen LogP contribution in [0.2, 0.25) is 0 Å². The number of amides is 1. The van der Waals surface area contributed by atoms with E-state index < -0.39 is 0 Å². The van der Waals surface area contributed by atoms with E-state index in [-0.39, 0.29) is 17.1 Å². The van der Waals surface area contributed by atoms with E-state index in [1.807, 2.05) is 13.8 Å². The summed E-state index contributed by atoms with van der Waals surface area (Å²) in [5.41, 5.74) is 1.34. The van der Waals surface area contributed by atoms with Crippen molar-refractivity contribution in [3.63, 3.8) is 0 Å². The number of nitrogens with zero attached hydrogens (tertiary/aromatic N) is 2. The van der Waals surface area contributed by atoms with E-state index in [9.17, 15) is 9.18 Å². The van der Waals surface area contributed by atoms with Crippen molar-refractivity contribution in [2.75, 3.05) is 11.4 Å². The van der Waals surface area contributed by atoms with Crippen LogP contribution in [-0.4, -0.2) is 12.5 Å². The summed E-state index contributed by atoms with van der Waals surface area (Å²) < 4.78 is 13.2. The summed E-state index contributed by atoms with van der Waals surface area (Å²) in [6, 6.07) is 6.84. The Bertz CT molecular complexity index is 560. The first-order valence-electron chi connectivity index (χ1n) is 6.93. The molecule has 0 aliphatic carbocycles. The highest BCUT2D eigenvalue weighted by molar-refractivity contribution is 5.96. The zero-order chi connectivity index (χ0) is 14.8. The molecular formula is C16H19FN2O. The number of halogens is 1. The van der Waals surface area contributed by atoms with Crippen molar-refractivity contribution in [3.05, 3.63) is 29.6 Å². The fourth-order valence-corrected chi connectivity index (χ4v) is 2.51. The van der Waals surface area contributed by atoms with Gasteiger partial charge in [-0.25, -0.2) is 4.39 Å². The molecule has 1 amide bonds. The lowest BCUT2D eigenvalue weighted by Gasteiger charge is -2.30. The summed E-state index contributed by atoms with van der Waals surface area (Å²) in [6.45, 7) is 4.38. The zero-order valence-corrected chi connectivity index (χ0v) is 11.9. The molecule has 0 N–H and O–H groups in total. The van der Waals surface area contributed by atoms with Crippen LogP contribution in [0, 0.1) is 22.6 Å². The van der Waals surface area contributed by atoms with Crippen LogP contribution >= 0.6 is 0 Å². The Hall–Kier alpha value is -1.89. The van der Waals surface area contributed by atoms with Gasteiger partial charge in [0.25, 0.3) is 0 Å². The van der Waals surface area contributed by atoms with Crippen molar-refractivity contribution in [1.82, 2.24) is 0 Å². The van der Waals surface area contributed by atoms with Crippen molar-refractivity contribution < 1.29 is 9.18 Å². The minimum Gasteiger partial charge on any atom is -0.312 e. The molecule has 0 fully saturated rings. The van der Waals surface area contributed by atoms with Crippen LogP contribution in [0.15, 0.2) is 18.2 Å². The Balaban J connectivity index is 2.09. The first kappa shape index (κ1) is 14.5. The number of hydrogen-bond acceptors (Lipinski definition) is 2. The monoisotopic (exact) mass is 274 g/mol. The largest absolute Gasteiger partial charge is 0.312 e. The van der Waals surface area contributed by atoms with E-state index >= 15 is 0 Å². The van der Waals surface area contributed by atoms with Gasteiger partial charge in [0.15, 0.2) is 0 Å². The first-order chi connectivity index (χ1) is 9.43. The van der Waals surface area contributed by atoms with Gasteiger partial charge in [0.05, 0.1) is 11.5 Å². The van der Waals surface area contributed by atoms with Crippen molar-refractivity contribution >= 4 is 11.6 Å². The minimum absolute atomic E-state index is 0.0823. The maximum Gasteiger partial charge on any atom is 0.227 e. The number of aryl methyl sites for hydroxylation is 1. The molecule has 0 bridgehead atoms. The Labute approximate surface area is 119 Å². The molecule has 20 heavy (non-hydrogen) atoms. The average molecular weight is 274 g/mol. The van der Waals surface area contributed by atoms with Crippen molar-refractivity contribution in [3.8, 4) is 6.07 Å². The second kappa shape index (κ2) is 5.62. The van der Waals surface area contributed by atoms with Gasteiger partial charge in [-0.1, -0.05) is 0 Å². The van der Waals surface area contributed by atoms with Crippen LogP contribution in [0.4, 0.5) is 10.1 Å². The molecule has 4 heteroatoms. The second-order valence-electron chi connectivity index (χ2n) is 5.92. The van der Waals surface area contributed by atoms with Gasteiger partial charge < -0.3 is 4.90 Å². The van der Waals surface area contributed by atoms with E-state index in [4.69, 9.17) is 5.26 Å². The van der Waals surface area contributed by atoms with E-state index in [2.05, 4.69) is 6.07 Å². The number of rotatable bonds is 4. The quantitative estimate of drug-likeness (QED) is 0.844. The molecule has 0 spiro atoms. The topological polar surface area (TPSA) is 44.1 Å². The van der Waals surface area contributed by atoms with Gasteiger partial charge in [0.2, 0.25) is 5.91 Å². The fraction of sp³-hybridized carbons (Fsp3) is 0.500. The van der Waals surface area contributed by atoms with Gasteiger partial charge in [0, 0.05) is 18.7 Å². The van der Waals surface area contributed by atoms with Crippen molar-refractivity contribution in [1.29, 1.82) is 5.26 Å². The first-order valence-corrected chi connectivity index (χ1v) is 6.93.